The number of rotatable bonds is 29. The van der Waals surface area contributed by atoms with Crippen molar-refractivity contribution in [3.05, 3.63) is 39.8 Å². The topological polar surface area (TPSA) is 290 Å². The number of imide groups is 1. The van der Waals surface area contributed by atoms with Gasteiger partial charge >= 0.3 is 11.9 Å². The van der Waals surface area contributed by atoms with Gasteiger partial charge in [0.25, 0.3) is 5.91 Å². The number of carbonyl (C=O) groups is 9. The van der Waals surface area contributed by atoms with E-state index in [1.165, 1.54) is 43.1 Å². The number of hydrogen-bond donors (Lipinski definition) is 6. The SMILES string of the molecule is CC[C@H](C)[C@H](CC(=O)C(C)(C)N(C)C)C(=O)N(C)[C@H](C[C@@H](OC(C)=O)c1nc(C(=O)N[C@@H](Cc2ccc(O)c(NC(=O)CCCNC(=O)[C@H](C[NH3+])N3C(=O)CC(SC)C3=O)c2)CC(C)C(=O)O)cs1)C(C)C. The van der Waals surface area contributed by atoms with Crippen molar-refractivity contribution in [3.8, 4) is 5.75 Å². The summed E-state index contributed by atoms with van der Waals surface area (Å²) in [5.74, 6) is -6.42. The van der Waals surface area contributed by atoms with Crippen LogP contribution in [0.4, 0.5) is 5.69 Å². The Hall–Kier alpha value is -5.45. The quantitative estimate of drug-likeness (QED) is 0.0293. The maximum absolute atomic E-state index is 14.3. The maximum atomic E-state index is 14.3. The Kier molecular flexibility index (Phi) is 23.3. The smallest absolute Gasteiger partial charge is 0.306 e. The molecule has 0 bridgehead atoms. The van der Waals surface area contributed by atoms with Crippen molar-refractivity contribution in [1.29, 1.82) is 0 Å². The van der Waals surface area contributed by atoms with Crippen molar-refractivity contribution in [2.75, 3.05) is 45.8 Å². The largest absolute Gasteiger partial charge is 0.506 e. The third kappa shape index (κ3) is 16.5. The van der Waals surface area contributed by atoms with Gasteiger partial charge in [0.1, 0.15) is 23.0 Å². The molecular formula is C50H77N8O12S2+. The molecule has 8 atom stereocenters. The van der Waals surface area contributed by atoms with Crippen LogP contribution in [0.3, 0.4) is 0 Å². The monoisotopic (exact) mass is 1050 g/mol. The maximum Gasteiger partial charge on any atom is 0.306 e. The molecule has 2 aromatic rings. The summed E-state index contributed by atoms with van der Waals surface area (Å²) in [5.41, 5.74) is 3.54. The lowest BCUT2D eigenvalue weighted by atomic mass is 9.81. The average Bonchev–Trinajstić information content (AvgIpc) is 3.92. The number of carboxylic acids is 1. The third-order valence-corrected chi connectivity index (χ3v) is 15.5. The molecule has 22 heteroatoms. The second kappa shape index (κ2) is 27.6. The molecule has 1 saturated heterocycles. The third-order valence-electron chi connectivity index (χ3n) is 13.7. The van der Waals surface area contributed by atoms with Crippen LogP contribution in [0.5, 0.6) is 5.75 Å². The molecule has 3 rings (SSSR count). The first-order valence-corrected chi connectivity index (χ1v) is 26.6. The van der Waals surface area contributed by atoms with Gasteiger partial charge in [0.15, 0.2) is 17.9 Å². The standard InChI is InChI=1S/C50H76N8O12S2/c1-13-28(4)33(22-41(61)50(7,8)56(9)10)47(66)57(11)36(27(2)3)23-39(70-30(6)59)46-55-35(26-72-46)44(64)53-32(19-29(5)49(68)69)20-31-16-17-38(60)34(21-31)54-42(62)15-14-18-52-45(65)37(25-51)58-43(63)24-40(71-12)48(58)67/h16-17,21,26-29,32-33,36-37,39-40,60H,13-15,18-20,22-25,51H2,1-12H3,(H,52,65)(H,53,64)(H,54,62)(H,68,69)/p+1/t28-,29?,32+,33-,36+,37-,39+,40?/m0/s1. The van der Waals surface area contributed by atoms with Crippen molar-refractivity contribution in [1.82, 2.24) is 30.3 Å². The molecule has 2 heterocycles. The Labute approximate surface area is 431 Å². The number of esters is 1. The first-order chi connectivity index (χ1) is 33.7. The zero-order valence-corrected chi connectivity index (χ0v) is 45.5. The van der Waals surface area contributed by atoms with Gasteiger partial charge in [-0.2, -0.15) is 11.8 Å². The van der Waals surface area contributed by atoms with Gasteiger partial charge in [0.2, 0.25) is 29.5 Å². The number of ketones is 1. The fourth-order valence-corrected chi connectivity index (χ4v) is 9.82. The highest BCUT2D eigenvalue weighted by Crippen LogP contribution is 2.34. The van der Waals surface area contributed by atoms with Gasteiger partial charge in [-0.05, 0) is 83.0 Å². The number of benzene rings is 1. The number of hydrogen-bond acceptors (Lipinski definition) is 15. The predicted octanol–water partition coefficient (Wildman–Crippen LogP) is 3.68. The number of amides is 6. The molecule has 0 radical (unpaired) electrons. The fourth-order valence-electron chi connectivity index (χ4n) is 8.35. The van der Waals surface area contributed by atoms with Crippen LogP contribution in [-0.2, 0) is 49.5 Å². The van der Waals surface area contributed by atoms with E-state index in [0.717, 1.165) is 16.2 Å². The molecule has 0 aliphatic carbocycles. The number of likely N-dealkylation sites (N-methyl/N-ethyl adjacent to an activating group) is 1. The van der Waals surface area contributed by atoms with Crippen LogP contribution in [0.1, 0.15) is 127 Å². The molecule has 8 N–H and O–H groups in total. The molecule has 1 aromatic heterocycles. The van der Waals surface area contributed by atoms with E-state index in [1.807, 2.05) is 60.5 Å². The van der Waals surface area contributed by atoms with E-state index < -0.39 is 88.3 Å². The minimum Gasteiger partial charge on any atom is -0.506 e. The number of Topliss-reactive ketones (excluding diaryl/α,β-unsaturated/α-hetero) is 1. The number of ether oxygens (including phenoxy) is 1. The number of thiazole rings is 1. The highest BCUT2D eigenvalue weighted by atomic mass is 32.2. The van der Waals surface area contributed by atoms with E-state index in [0.29, 0.717) is 17.0 Å². The Morgan fingerprint density at radius 3 is 2.28 bits per heavy atom. The summed E-state index contributed by atoms with van der Waals surface area (Å²) in [6.07, 6.45) is 1.87. The van der Waals surface area contributed by atoms with Crippen LogP contribution >= 0.6 is 23.1 Å². The molecule has 0 saturated carbocycles. The highest BCUT2D eigenvalue weighted by Gasteiger charge is 2.45. The Bertz CT molecular complexity index is 2270. The minimum atomic E-state index is -1.09. The van der Waals surface area contributed by atoms with E-state index in [-0.39, 0.29) is 98.7 Å². The zero-order chi connectivity index (χ0) is 54.4. The molecule has 1 aliphatic rings. The zero-order valence-electron chi connectivity index (χ0n) is 43.9. The second-order valence-corrected chi connectivity index (χ2v) is 21.6. The van der Waals surface area contributed by atoms with Gasteiger partial charge in [-0.1, -0.05) is 47.1 Å². The number of anilines is 1. The summed E-state index contributed by atoms with van der Waals surface area (Å²) in [7, 11) is 5.34. The van der Waals surface area contributed by atoms with Crippen LogP contribution < -0.4 is 21.7 Å². The van der Waals surface area contributed by atoms with E-state index in [4.69, 9.17) is 4.74 Å². The number of quaternary nitrogens is 1. The average molecular weight is 1050 g/mol. The number of carboxylic acid groups (broad SMARTS) is 1. The summed E-state index contributed by atoms with van der Waals surface area (Å²) in [4.78, 5) is 126. The molecule has 1 aliphatic heterocycles. The van der Waals surface area contributed by atoms with Gasteiger partial charge in [0, 0.05) is 69.6 Å². The number of phenolic OH excluding ortho intramolecular Hbond substituents is 1. The lowest BCUT2D eigenvalue weighted by molar-refractivity contribution is -0.373. The number of aromatic hydroxyl groups is 1. The van der Waals surface area contributed by atoms with Crippen LogP contribution in [-0.4, -0.2) is 152 Å². The van der Waals surface area contributed by atoms with Gasteiger partial charge in [-0.25, -0.2) is 4.98 Å². The molecule has 1 fully saturated rings. The van der Waals surface area contributed by atoms with Crippen LogP contribution in [0.25, 0.3) is 0 Å². The van der Waals surface area contributed by atoms with Crippen molar-refractivity contribution < 1.29 is 63.8 Å². The number of nitrogens with one attached hydrogen (secondary N) is 3. The normalized spacial score (nSPS) is 16.9. The number of phenols is 1. The minimum absolute atomic E-state index is 0.00191. The van der Waals surface area contributed by atoms with E-state index in [1.54, 1.807) is 24.3 Å². The molecule has 20 nitrogen and oxygen atoms in total. The Balaban J connectivity index is 1.75. The van der Waals surface area contributed by atoms with E-state index >= 15 is 0 Å². The summed E-state index contributed by atoms with van der Waals surface area (Å²) in [6, 6.07) is 2.14. The molecule has 0 spiro atoms. The Morgan fingerprint density at radius 2 is 1.72 bits per heavy atom. The number of thioether (sulfide) groups is 1. The van der Waals surface area contributed by atoms with Crippen LogP contribution in [0.2, 0.25) is 0 Å². The van der Waals surface area contributed by atoms with Crippen LogP contribution in [0.15, 0.2) is 23.6 Å². The van der Waals surface area contributed by atoms with Gasteiger partial charge in [-0.15, -0.1) is 11.3 Å². The van der Waals surface area contributed by atoms with Crippen molar-refractivity contribution in [2.24, 2.45) is 23.7 Å². The first kappa shape index (κ1) is 60.9. The second-order valence-electron chi connectivity index (χ2n) is 19.7. The van der Waals surface area contributed by atoms with E-state index in [2.05, 4.69) is 26.7 Å². The summed E-state index contributed by atoms with van der Waals surface area (Å²) < 4.78 is 5.79. The number of nitrogens with zero attached hydrogens (tertiary/aromatic N) is 4. The lowest BCUT2D eigenvalue weighted by Crippen LogP contribution is -2.65. The predicted molar refractivity (Wildman–Crippen MR) is 274 cm³/mol. The molecule has 72 heavy (non-hydrogen) atoms. The van der Waals surface area contributed by atoms with Gasteiger partial charge in [-0.3, -0.25) is 53.0 Å². The fraction of sp³-hybridized carbons (Fsp3) is 0.640. The van der Waals surface area contributed by atoms with Crippen molar-refractivity contribution in [2.45, 2.75) is 142 Å². The van der Waals surface area contributed by atoms with Gasteiger partial charge < -0.3 is 41.5 Å². The van der Waals surface area contributed by atoms with Crippen molar-refractivity contribution >= 4 is 82.0 Å². The molecule has 400 valence electrons. The highest BCUT2D eigenvalue weighted by molar-refractivity contribution is 8.00. The molecular weight excluding hydrogens is 969 g/mol. The number of likely N-dealkylation sites (tertiary alicyclic amines) is 1. The summed E-state index contributed by atoms with van der Waals surface area (Å²) in [6.45, 7) is 14.3. The van der Waals surface area contributed by atoms with Crippen LogP contribution in [0, 0.1) is 23.7 Å². The lowest BCUT2D eigenvalue weighted by Gasteiger charge is -2.38. The van der Waals surface area contributed by atoms with E-state index in [9.17, 15) is 53.4 Å². The summed E-state index contributed by atoms with van der Waals surface area (Å²) >= 11 is 2.33. The van der Waals surface area contributed by atoms with Gasteiger partial charge in [0.05, 0.1) is 22.4 Å². The summed E-state index contributed by atoms with van der Waals surface area (Å²) in [5, 5.41) is 30.0. The molecule has 1 aromatic carbocycles. The van der Waals surface area contributed by atoms with Crippen molar-refractivity contribution in [3.63, 3.8) is 0 Å². The molecule has 2 unspecified atom stereocenters. The number of aliphatic carboxylic acids is 1. The Morgan fingerprint density at radius 1 is 1.06 bits per heavy atom. The number of aromatic nitrogens is 1. The first-order valence-electron chi connectivity index (χ1n) is 24.4. The number of carbonyl (C=O) groups excluding carboxylic acids is 8. The molecule has 6 amide bonds.